The maximum absolute atomic E-state index is 9.00. The molecule has 5 heteroatoms. The van der Waals surface area contributed by atoms with Gasteiger partial charge in [0.25, 0.3) is 5.97 Å². The summed E-state index contributed by atoms with van der Waals surface area (Å²) in [6.45, 7) is 2.28. The molecule has 0 amide bonds. The molecule has 0 heterocycles. The summed E-state index contributed by atoms with van der Waals surface area (Å²) in [4.78, 5) is 9.00. The van der Waals surface area contributed by atoms with E-state index in [2.05, 4.69) is 0 Å². The fraction of sp³-hybridized carbons (Fsp3) is 0.750. The number of nitrogens with two attached hydrogens (primary N) is 2. The first-order valence-corrected chi connectivity index (χ1v) is 2.24. The molecule has 0 saturated carbocycles. The molecule has 0 aliphatic carbocycles. The van der Waals surface area contributed by atoms with E-state index in [-0.39, 0.29) is 27.3 Å². The van der Waals surface area contributed by atoms with Crippen molar-refractivity contribution in [3.63, 3.8) is 0 Å². The summed E-state index contributed by atoms with van der Waals surface area (Å²) < 4.78 is 0. The first-order chi connectivity index (χ1) is 3.65. The van der Waals surface area contributed by atoms with Crippen LogP contribution < -0.4 is 11.5 Å². The van der Waals surface area contributed by atoms with Crippen LogP contribution in [0.15, 0.2) is 0 Å². The van der Waals surface area contributed by atoms with Gasteiger partial charge in [-0.05, 0) is 0 Å². The van der Waals surface area contributed by atoms with Crippen LogP contribution in [-0.2, 0) is 4.79 Å². The van der Waals surface area contributed by atoms with Crippen LogP contribution in [0.2, 0.25) is 0 Å². The third kappa shape index (κ3) is 192. The number of hydrogen-bond acceptors (Lipinski definition) is 3. The summed E-state index contributed by atoms with van der Waals surface area (Å²) in [5.74, 6) is -0.833. The molecule has 0 aromatic heterocycles. The van der Waals surface area contributed by atoms with E-state index in [0.29, 0.717) is 13.1 Å². The van der Waals surface area contributed by atoms with Crippen LogP contribution in [0.3, 0.4) is 0 Å². The van der Waals surface area contributed by atoms with Crippen molar-refractivity contribution < 1.29 is 9.90 Å². The number of carboxylic acid groups (broad SMARTS) is 1. The van der Waals surface area contributed by atoms with Crippen LogP contribution in [0.1, 0.15) is 6.92 Å². The van der Waals surface area contributed by atoms with Gasteiger partial charge in [0.15, 0.2) is 0 Å². The standard InChI is InChI=1S/C2H8N2.C2H4O2.Pb.2H/c3-1-2-4;1-2(3)4;;;/h1-4H2;1H3,(H,3,4);;;. The molecule has 0 aliphatic rings. The molecule has 2 radical (unpaired) electrons. The van der Waals surface area contributed by atoms with E-state index in [9.17, 15) is 0 Å². The monoisotopic (exact) mass is 330 g/mol. The van der Waals surface area contributed by atoms with E-state index in [0.717, 1.165) is 6.92 Å². The summed E-state index contributed by atoms with van der Waals surface area (Å²) in [6, 6.07) is 0. The van der Waals surface area contributed by atoms with E-state index >= 15 is 0 Å². The van der Waals surface area contributed by atoms with E-state index in [1.807, 2.05) is 0 Å². The zero-order valence-corrected chi connectivity index (χ0v) is 11.1. The summed E-state index contributed by atoms with van der Waals surface area (Å²) in [5.41, 5.74) is 9.81. The van der Waals surface area contributed by atoms with Gasteiger partial charge in [-0.2, -0.15) is 0 Å². The van der Waals surface area contributed by atoms with E-state index in [1.165, 1.54) is 0 Å². The van der Waals surface area contributed by atoms with Gasteiger partial charge in [-0.15, -0.1) is 0 Å². The molecule has 0 aliphatic heterocycles. The predicted molar refractivity (Wildman–Crippen MR) is 40.0 cm³/mol. The van der Waals surface area contributed by atoms with Crippen LogP contribution in [0.5, 0.6) is 0 Å². The van der Waals surface area contributed by atoms with Gasteiger partial charge in [-0.1, -0.05) is 0 Å². The van der Waals surface area contributed by atoms with Crippen molar-refractivity contribution in [1.29, 1.82) is 0 Å². The molecule has 0 aromatic carbocycles. The fourth-order valence-corrected chi connectivity index (χ4v) is 0. The van der Waals surface area contributed by atoms with Gasteiger partial charge in [0.1, 0.15) is 0 Å². The van der Waals surface area contributed by atoms with E-state index in [4.69, 9.17) is 21.4 Å². The van der Waals surface area contributed by atoms with Gasteiger partial charge in [-0.3, -0.25) is 4.79 Å². The molecular formula is C4H14N2O2Pb. The van der Waals surface area contributed by atoms with Gasteiger partial charge >= 0.3 is 27.3 Å². The third-order valence-electron chi connectivity index (χ3n) is 0.167. The molecule has 0 saturated heterocycles. The fourth-order valence-electron chi connectivity index (χ4n) is 0. The molecule has 0 spiro atoms. The van der Waals surface area contributed by atoms with Crippen molar-refractivity contribution in [2.24, 2.45) is 11.5 Å². The van der Waals surface area contributed by atoms with Crippen LogP contribution >= 0.6 is 0 Å². The zero-order chi connectivity index (χ0) is 6.99. The van der Waals surface area contributed by atoms with Gasteiger partial charge < -0.3 is 16.6 Å². The number of aliphatic carboxylic acids is 1. The van der Waals surface area contributed by atoms with Crippen LogP contribution in [-0.4, -0.2) is 51.5 Å². The molecule has 0 aromatic rings. The normalized spacial score (nSPS) is 6.11. The summed E-state index contributed by atoms with van der Waals surface area (Å²) in [6.07, 6.45) is 0. The van der Waals surface area contributed by atoms with Crippen molar-refractivity contribution in [2.45, 2.75) is 6.92 Å². The van der Waals surface area contributed by atoms with Gasteiger partial charge in [-0.25, -0.2) is 0 Å². The van der Waals surface area contributed by atoms with Gasteiger partial charge in [0.2, 0.25) is 0 Å². The SMILES string of the molecule is CC(=O)O.NCCN.[PbH2]. The number of carboxylic acids is 1. The Morgan fingerprint density at radius 3 is 1.56 bits per heavy atom. The summed E-state index contributed by atoms with van der Waals surface area (Å²) >= 11 is 0. The Morgan fingerprint density at radius 1 is 1.44 bits per heavy atom. The summed E-state index contributed by atoms with van der Waals surface area (Å²) in [5, 5.41) is 7.42. The van der Waals surface area contributed by atoms with Crippen LogP contribution in [0, 0.1) is 0 Å². The minimum absolute atomic E-state index is 0. The Labute approximate surface area is 74.8 Å². The van der Waals surface area contributed by atoms with Crippen molar-refractivity contribution in [3.8, 4) is 0 Å². The Kier molecular flexibility index (Phi) is 28.3. The van der Waals surface area contributed by atoms with Gasteiger partial charge in [0.05, 0.1) is 0 Å². The zero-order valence-electron chi connectivity index (χ0n) is 5.63. The molecule has 56 valence electrons. The van der Waals surface area contributed by atoms with Crippen molar-refractivity contribution >= 4 is 33.3 Å². The van der Waals surface area contributed by atoms with E-state index in [1.54, 1.807) is 0 Å². The molecule has 0 atom stereocenters. The Bertz CT molecular complexity index is 54.5. The molecule has 4 nitrogen and oxygen atoms in total. The quantitative estimate of drug-likeness (QED) is 0.489. The van der Waals surface area contributed by atoms with Crippen LogP contribution in [0.25, 0.3) is 0 Å². The van der Waals surface area contributed by atoms with Crippen molar-refractivity contribution in [2.75, 3.05) is 13.1 Å². The predicted octanol–water partition coefficient (Wildman–Crippen LogP) is -1.92. The first-order valence-electron chi connectivity index (χ1n) is 2.24. The molecule has 9 heavy (non-hydrogen) atoms. The Balaban J connectivity index is -0.0000000720. The second kappa shape index (κ2) is 15.7. The molecule has 0 bridgehead atoms. The molecule has 0 rings (SSSR count). The third-order valence-corrected chi connectivity index (χ3v) is 0.167. The first kappa shape index (κ1) is 16.1. The maximum atomic E-state index is 9.00. The second-order valence-corrected chi connectivity index (χ2v) is 1.10. The molecule has 0 unspecified atom stereocenters. The second-order valence-electron chi connectivity index (χ2n) is 1.10. The average Bonchev–Trinajstić information content (AvgIpc) is 1.65. The number of carbonyl (C=O) groups is 1. The van der Waals surface area contributed by atoms with Crippen molar-refractivity contribution in [3.05, 3.63) is 0 Å². The van der Waals surface area contributed by atoms with E-state index < -0.39 is 5.97 Å². The molecule has 0 fully saturated rings. The van der Waals surface area contributed by atoms with Crippen molar-refractivity contribution in [1.82, 2.24) is 0 Å². The number of hydrogen-bond donors (Lipinski definition) is 3. The molecular weight excluding hydrogens is 315 g/mol. The topological polar surface area (TPSA) is 89.3 Å². The Morgan fingerprint density at radius 2 is 1.56 bits per heavy atom. The number of rotatable bonds is 1. The van der Waals surface area contributed by atoms with Gasteiger partial charge in [0, 0.05) is 20.0 Å². The summed E-state index contributed by atoms with van der Waals surface area (Å²) in [7, 11) is 0. The minimum atomic E-state index is -0.833. The Hall–Kier alpha value is 0.312. The average molecular weight is 329 g/mol. The van der Waals surface area contributed by atoms with Crippen LogP contribution in [0.4, 0.5) is 0 Å². The molecule has 5 N–H and O–H groups in total.